The van der Waals surface area contributed by atoms with E-state index in [1.54, 1.807) is 13.2 Å². The van der Waals surface area contributed by atoms with E-state index in [9.17, 15) is 0 Å². The van der Waals surface area contributed by atoms with Crippen LogP contribution < -0.4 is 4.74 Å². The number of rotatable bonds is 2. The molecule has 0 atom stereocenters. The monoisotopic (exact) mass is 216 g/mol. The Kier molecular flexibility index (Phi) is 2.39. The lowest BCUT2D eigenvalue weighted by Crippen LogP contribution is -1.91. The van der Waals surface area contributed by atoms with Crippen molar-refractivity contribution < 1.29 is 4.74 Å². The second-order valence-electron chi connectivity index (χ2n) is 3.28. The Morgan fingerprint density at radius 1 is 1.31 bits per heavy atom. The Morgan fingerprint density at radius 2 is 2.00 bits per heavy atom. The fourth-order valence-electron chi connectivity index (χ4n) is 1.50. The van der Waals surface area contributed by atoms with Crippen LogP contribution in [-0.4, -0.2) is 7.11 Å². The van der Waals surface area contributed by atoms with Gasteiger partial charge in [0.05, 0.1) is 7.11 Å². The van der Waals surface area contributed by atoms with Crippen molar-refractivity contribution in [2.75, 3.05) is 7.11 Å². The van der Waals surface area contributed by atoms with Crippen LogP contribution in [0.3, 0.4) is 0 Å². The van der Waals surface area contributed by atoms with Gasteiger partial charge in [-0.2, -0.15) is 0 Å². The van der Waals surface area contributed by atoms with Crippen molar-refractivity contribution >= 4 is 23.2 Å². The summed E-state index contributed by atoms with van der Waals surface area (Å²) < 4.78 is 5.24. The van der Waals surface area contributed by atoms with Crippen molar-refractivity contribution in [1.82, 2.24) is 0 Å². The molecule has 1 aliphatic rings. The first-order chi connectivity index (χ1) is 6.22. The molecule has 0 saturated heterocycles. The van der Waals surface area contributed by atoms with Crippen molar-refractivity contribution in [3.8, 4) is 5.75 Å². The van der Waals surface area contributed by atoms with Gasteiger partial charge in [0.2, 0.25) is 0 Å². The van der Waals surface area contributed by atoms with E-state index >= 15 is 0 Å². The highest BCUT2D eigenvalue weighted by atomic mass is 35.5. The summed E-state index contributed by atoms with van der Waals surface area (Å²) in [5.41, 5.74) is 1.12. The molecule has 1 fully saturated rings. The first kappa shape index (κ1) is 9.17. The van der Waals surface area contributed by atoms with Crippen molar-refractivity contribution in [2.45, 2.75) is 18.8 Å². The molecule has 3 heteroatoms. The van der Waals surface area contributed by atoms with Gasteiger partial charge in [0.25, 0.3) is 0 Å². The average Bonchev–Trinajstić information content (AvgIpc) is 2.86. The number of hydrogen-bond acceptors (Lipinski definition) is 1. The summed E-state index contributed by atoms with van der Waals surface area (Å²) in [6.45, 7) is 0. The smallest absolute Gasteiger partial charge is 0.125 e. The molecule has 0 aliphatic heterocycles. The zero-order valence-electron chi connectivity index (χ0n) is 7.31. The number of hydrogen-bond donors (Lipinski definition) is 0. The zero-order valence-corrected chi connectivity index (χ0v) is 8.82. The van der Waals surface area contributed by atoms with Gasteiger partial charge in [-0.1, -0.05) is 23.2 Å². The molecule has 0 spiro atoms. The van der Waals surface area contributed by atoms with Crippen LogP contribution in [0.15, 0.2) is 12.1 Å². The van der Waals surface area contributed by atoms with Gasteiger partial charge in [-0.05, 0) is 30.9 Å². The van der Waals surface area contributed by atoms with Crippen molar-refractivity contribution in [1.29, 1.82) is 0 Å². The van der Waals surface area contributed by atoms with Crippen molar-refractivity contribution in [3.63, 3.8) is 0 Å². The highest BCUT2D eigenvalue weighted by Gasteiger charge is 2.29. The van der Waals surface area contributed by atoms with Crippen LogP contribution in [0.1, 0.15) is 24.3 Å². The maximum atomic E-state index is 6.08. The SMILES string of the molecule is COc1cc(Cl)cc(Cl)c1C1CC1. The third-order valence-corrected chi connectivity index (χ3v) is 2.79. The molecule has 0 aromatic heterocycles. The Labute approximate surface area is 87.6 Å². The average molecular weight is 217 g/mol. The van der Waals surface area contributed by atoms with E-state index in [2.05, 4.69) is 0 Å². The third kappa shape index (κ3) is 1.77. The molecule has 2 rings (SSSR count). The van der Waals surface area contributed by atoms with E-state index in [0.29, 0.717) is 10.9 Å². The second-order valence-corrected chi connectivity index (χ2v) is 4.12. The van der Waals surface area contributed by atoms with Gasteiger partial charge >= 0.3 is 0 Å². The summed E-state index contributed by atoms with van der Waals surface area (Å²) in [6.07, 6.45) is 2.41. The Morgan fingerprint density at radius 3 is 2.54 bits per heavy atom. The van der Waals surface area contributed by atoms with Crippen LogP contribution in [0.25, 0.3) is 0 Å². The van der Waals surface area contributed by atoms with Crippen LogP contribution in [0.2, 0.25) is 10.0 Å². The van der Waals surface area contributed by atoms with Crippen LogP contribution in [0.5, 0.6) is 5.75 Å². The summed E-state index contributed by atoms with van der Waals surface area (Å²) in [7, 11) is 1.65. The molecule has 1 aromatic carbocycles. The van der Waals surface area contributed by atoms with Gasteiger partial charge in [-0.15, -0.1) is 0 Å². The van der Waals surface area contributed by atoms with Gasteiger partial charge in [-0.25, -0.2) is 0 Å². The van der Waals surface area contributed by atoms with Crippen molar-refractivity contribution in [2.24, 2.45) is 0 Å². The van der Waals surface area contributed by atoms with E-state index in [4.69, 9.17) is 27.9 Å². The van der Waals surface area contributed by atoms with Crippen LogP contribution >= 0.6 is 23.2 Å². The van der Waals surface area contributed by atoms with E-state index in [1.165, 1.54) is 12.8 Å². The summed E-state index contributed by atoms with van der Waals surface area (Å²) in [6, 6.07) is 3.60. The van der Waals surface area contributed by atoms with Gasteiger partial charge in [-0.3, -0.25) is 0 Å². The maximum absolute atomic E-state index is 6.08. The molecule has 0 bridgehead atoms. The molecule has 0 amide bonds. The minimum absolute atomic E-state index is 0.583. The molecule has 70 valence electrons. The van der Waals surface area contributed by atoms with Crippen molar-refractivity contribution in [3.05, 3.63) is 27.7 Å². The Bertz CT molecular complexity index is 332. The molecule has 1 saturated carbocycles. The predicted octanol–water partition coefficient (Wildman–Crippen LogP) is 3.88. The number of methoxy groups -OCH3 is 1. The minimum Gasteiger partial charge on any atom is -0.496 e. The first-order valence-corrected chi connectivity index (χ1v) is 5.01. The number of benzene rings is 1. The summed E-state index contributed by atoms with van der Waals surface area (Å²) >= 11 is 11.9. The fourth-order valence-corrected chi connectivity index (χ4v) is 2.13. The largest absolute Gasteiger partial charge is 0.496 e. The lowest BCUT2D eigenvalue weighted by molar-refractivity contribution is 0.410. The molecule has 13 heavy (non-hydrogen) atoms. The number of ether oxygens (including phenoxy) is 1. The fraction of sp³-hybridized carbons (Fsp3) is 0.400. The molecule has 1 nitrogen and oxygen atoms in total. The van der Waals surface area contributed by atoms with Crippen LogP contribution in [-0.2, 0) is 0 Å². The summed E-state index contributed by atoms with van der Waals surface area (Å²) in [5, 5.41) is 1.36. The van der Waals surface area contributed by atoms with Gasteiger partial charge in [0.1, 0.15) is 5.75 Å². The maximum Gasteiger partial charge on any atom is 0.125 e. The minimum atomic E-state index is 0.583. The normalized spacial score (nSPS) is 15.9. The predicted molar refractivity (Wildman–Crippen MR) is 55.0 cm³/mol. The van der Waals surface area contributed by atoms with Gasteiger partial charge < -0.3 is 4.74 Å². The van der Waals surface area contributed by atoms with Gasteiger partial charge in [0.15, 0.2) is 0 Å². The van der Waals surface area contributed by atoms with E-state index < -0.39 is 0 Å². The highest BCUT2D eigenvalue weighted by molar-refractivity contribution is 6.35. The highest BCUT2D eigenvalue weighted by Crippen LogP contribution is 2.48. The molecule has 0 unspecified atom stereocenters. The van der Waals surface area contributed by atoms with E-state index in [1.807, 2.05) is 6.07 Å². The zero-order chi connectivity index (χ0) is 9.42. The van der Waals surface area contributed by atoms with E-state index in [0.717, 1.165) is 16.3 Å². The number of halogens is 2. The quantitative estimate of drug-likeness (QED) is 0.730. The second kappa shape index (κ2) is 3.39. The van der Waals surface area contributed by atoms with Crippen LogP contribution in [0.4, 0.5) is 0 Å². The van der Waals surface area contributed by atoms with Crippen LogP contribution in [0, 0.1) is 0 Å². The summed E-state index contributed by atoms with van der Waals surface area (Å²) in [4.78, 5) is 0. The molecule has 0 N–H and O–H groups in total. The molecule has 1 aromatic rings. The first-order valence-electron chi connectivity index (χ1n) is 4.25. The van der Waals surface area contributed by atoms with E-state index in [-0.39, 0.29) is 0 Å². The van der Waals surface area contributed by atoms with Gasteiger partial charge in [0, 0.05) is 15.6 Å². The Balaban J connectivity index is 2.50. The Hall–Kier alpha value is -0.400. The molecular formula is C10H10Cl2O. The topological polar surface area (TPSA) is 9.23 Å². The molecule has 1 aliphatic carbocycles. The molecule has 0 heterocycles. The third-order valence-electron chi connectivity index (χ3n) is 2.26. The molecule has 0 radical (unpaired) electrons. The molecular weight excluding hydrogens is 207 g/mol. The standard InChI is InChI=1S/C10H10Cl2O/c1-13-9-5-7(11)4-8(12)10(9)6-2-3-6/h4-6H,2-3H2,1H3. The lowest BCUT2D eigenvalue weighted by Gasteiger charge is -2.09. The summed E-state index contributed by atoms with van der Waals surface area (Å²) in [5.74, 6) is 1.40. The lowest BCUT2D eigenvalue weighted by atomic mass is 10.1.